The van der Waals surface area contributed by atoms with Crippen LogP contribution in [0.3, 0.4) is 0 Å². The Morgan fingerprint density at radius 1 is 1.41 bits per heavy atom. The molecule has 1 saturated heterocycles. The van der Waals surface area contributed by atoms with Crippen LogP contribution in [0.2, 0.25) is 0 Å². The summed E-state index contributed by atoms with van der Waals surface area (Å²) in [7, 11) is 0. The van der Waals surface area contributed by atoms with Gasteiger partial charge in [-0.05, 0) is 37.0 Å². The van der Waals surface area contributed by atoms with Gasteiger partial charge >= 0.3 is 5.97 Å². The van der Waals surface area contributed by atoms with Crippen LogP contribution in [0.4, 0.5) is 0 Å². The molecule has 3 heteroatoms. The second kappa shape index (κ2) is 2.20. The Morgan fingerprint density at radius 2 is 2.29 bits per heavy atom. The smallest absolute Gasteiger partial charge is 0.334 e. The summed E-state index contributed by atoms with van der Waals surface area (Å²) in [6.45, 7) is 0.543. The Kier molecular flexibility index (Phi) is 1.19. The van der Waals surface area contributed by atoms with Gasteiger partial charge < -0.3 is 9.84 Å². The molecular formula is C14H16O3. The molecule has 5 aliphatic carbocycles. The molecule has 5 atom stereocenters. The number of carbonyl (C=O) groups excluding carboxylic acids is 1. The predicted molar refractivity (Wildman–Crippen MR) is 58.9 cm³/mol. The largest absolute Gasteiger partial charge is 0.461 e. The Hall–Kier alpha value is -0.830. The molecule has 4 fully saturated rings. The van der Waals surface area contributed by atoms with E-state index in [1.807, 2.05) is 0 Å². The van der Waals surface area contributed by atoms with E-state index in [4.69, 9.17) is 4.74 Å². The minimum absolute atomic E-state index is 0.0131. The Labute approximate surface area is 99.8 Å². The van der Waals surface area contributed by atoms with Gasteiger partial charge in [-0.2, -0.15) is 0 Å². The number of hydrogen-bond acceptors (Lipinski definition) is 3. The van der Waals surface area contributed by atoms with E-state index in [0.717, 1.165) is 24.8 Å². The molecule has 1 aliphatic heterocycles. The lowest BCUT2D eigenvalue weighted by Crippen LogP contribution is -2.33. The van der Waals surface area contributed by atoms with Gasteiger partial charge in [0.15, 0.2) is 0 Å². The summed E-state index contributed by atoms with van der Waals surface area (Å²) in [5, 5.41) is 10.5. The molecule has 0 amide bonds. The molecule has 4 bridgehead atoms. The van der Waals surface area contributed by atoms with E-state index in [1.54, 1.807) is 0 Å². The molecule has 0 unspecified atom stereocenters. The highest BCUT2D eigenvalue weighted by atomic mass is 16.5. The van der Waals surface area contributed by atoms with Crippen LogP contribution in [-0.2, 0) is 9.53 Å². The lowest BCUT2D eigenvalue weighted by molar-refractivity contribution is -0.135. The highest BCUT2D eigenvalue weighted by molar-refractivity contribution is 5.95. The van der Waals surface area contributed by atoms with Crippen molar-refractivity contribution in [3.8, 4) is 0 Å². The van der Waals surface area contributed by atoms with Gasteiger partial charge in [0.05, 0.1) is 11.5 Å². The molecule has 1 N–H and O–H groups in total. The summed E-state index contributed by atoms with van der Waals surface area (Å²) >= 11 is 0. The standard InChI is InChI=1S/C14H16O3/c15-10-2-1-3-12-5-8-4-9-11(16)17-7-14(9,12)13(10,12)6-8/h4,8,10,15H,1-3,5-7H2/t8-,10-,12+,13+,14+/m0/s1. The monoisotopic (exact) mass is 232 g/mol. The van der Waals surface area contributed by atoms with Crippen LogP contribution in [0.5, 0.6) is 0 Å². The quantitative estimate of drug-likeness (QED) is 0.642. The van der Waals surface area contributed by atoms with Crippen LogP contribution in [-0.4, -0.2) is 23.8 Å². The second-order valence-electron chi connectivity index (χ2n) is 6.69. The molecule has 0 aromatic rings. The van der Waals surface area contributed by atoms with Crippen molar-refractivity contribution in [2.24, 2.45) is 22.2 Å². The number of ether oxygens (including phenoxy) is 1. The fourth-order valence-electron chi connectivity index (χ4n) is 6.49. The van der Waals surface area contributed by atoms with Crippen molar-refractivity contribution in [2.45, 2.75) is 38.2 Å². The normalized spacial score (nSPS) is 61.5. The Morgan fingerprint density at radius 3 is 3.12 bits per heavy atom. The number of rotatable bonds is 0. The van der Waals surface area contributed by atoms with Crippen molar-refractivity contribution in [3.05, 3.63) is 11.6 Å². The third-order valence-corrected chi connectivity index (χ3v) is 6.72. The van der Waals surface area contributed by atoms with Gasteiger partial charge in [-0.3, -0.25) is 0 Å². The number of carbonyl (C=O) groups is 1. The van der Waals surface area contributed by atoms with Gasteiger partial charge in [0.25, 0.3) is 0 Å². The average molecular weight is 232 g/mol. The molecule has 3 saturated carbocycles. The van der Waals surface area contributed by atoms with Crippen molar-refractivity contribution in [3.63, 3.8) is 0 Å². The average Bonchev–Trinajstić information content (AvgIpc) is 2.58. The van der Waals surface area contributed by atoms with Crippen molar-refractivity contribution in [2.75, 3.05) is 6.61 Å². The highest BCUT2D eigenvalue weighted by Gasteiger charge is 2.95. The maximum Gasteiger partial charge on any atom is 0.334 e. The first-order valence-corrected chi connectivity index (χ1v) is 6.75. The molecular weight excluding hydrogens is 216 g/mol. The zero-order valence-corrected chi connectivity index (χ0v) is 9.74. The highest BCUT2D eigenvalue weighted by Crippen LogP contribution is 2.95. The van der Waals surface area contributed by atoms with Crippen LogP contribution in [0, 0.1) is 22.2 Å². The van der Waals surface area contributed by atoms with E-state index in [-0.39, 0.29) is 28.3 Å². The minimum atomic E-state index is -0.209. The van der Waals surface area contributed by atoms with E-state index in [9.17, 15) is 9.90 Å². The van der Waals surface area contributed by atoms with Crippen molar-refractivity contribution in [1.82, 2.24) is 0 Å². The number of hydrogen-bond donors (Lipinski definition) is 1. The van der Waals surface area contributed by atoms with Crippen molar-refractivity contribution in [1.29, 1.82) is 0 Å². The van der Waals surface area contributed by atoms with Gasteiger partial charge in [-0.1, -0.05) is 12.5 Å². The third kappa shape index (κ3) is 0.583. The van der Waals surface area contributed by atoms with Gasteiger partial charge in [0, 0.05) is 11.0 Å². The summed E-state index contributed by atoms with van der Waals surface area (Å²) in [6.07, 6.45) is 7.44. The zero-order chi connectivity index (χ0) is 11.5. The fraction of sp³-hybridized carbons (Fsp3) is 0.786. The van der Waals surface area contributed by atoms with Crippen LogP contribution >= 0.6 is 0 Å². The predicted octanol–water partition coefficient (Wildman–Crippen LogP) is 1.41. The van der Waals surface area contributed by atoms with Gasteiger partial charge in [0.1, 0.15) is 6.61 Å². The molecule has 17 heavy (non-hydrogen) atoms. The molecule has 0 aromatic carbocycles. The molecule has 3 spiro atoms. The second-order valence-corrected chi connectivity index (χ2v) is 6.69. The number of esters is 1. The maximum absolute atomic E-state index is 11.9. The summed E-state index contributed by atoms with van der Waals surface area (Å²) in [4.78, 5) is 11.9. The Balaban J connectivity index is 1.81. The van der Waals surface area contributed by atoms with Gasteiger partial charge in [-0.15, -0.1) is 0 Å². The number of aliphatic hydroxyl groups is 1. The van der Waals surface area contributed by atoms with Crippen LogP contribution in [0.25, 0.3) is 0 Å². The van der Waals surface area contributed by atoms with Crippen molar-refractivity contribution < 1.29 is 14.6 Å². The van der Waals surface area contributed by atoms with Crippen LogP contribution in [0.1, 0.15) is 32.1 Å². The molecule has 6 rings (SSSR count). The number of allylic oxidation sites excluding steroid dienone is 1. The first-order valence-electron chi connectivity index (χ1n) is 6.75. The molecule has 3 nitrogen and oxygen atoms in total. The van der Waals surface area contributed by atoms with E-state index in [2.05, 4.69) is 6.08 Å². The number of cyclic esters (lactones) is 1. The van der Waals surface area contributed by atoms with Crippen LogP contribution < -0.4 is 0 Å². The first kappa shape index (κ1) is 9.15. The first-order chi connectivity index (χ1) is 8.18. The van der Waals surface area contributed by atoms with E-state index in [1.165, 1.54) is 12.8 Å². The maximum atomic E-state index is 11.9. The molecule has 1 heterocycles. The summed E-state index contributed by atoms with van der Waals surface area (Å²) in [6, 6.07) is 0. The summed E-state index contributed by atoms with van der Waals surface area (Å²) in [5.41, 5.74) is 1.08. The van der Waals surface area contributed by atoms with E-state index >= 15 is 0 Å². The topological polar surface area (TPSA) is 46.5 Å². The van der Waals surface area contributed by atoms with E-state index in [0.29, 0.717) is 12.5 Å². The lowest BCUT2D eigenvalue weighted by atomic mass is 9.71. The number of aliphatic hydroxyl groups excluding tert-OH is 1. The molecule has 0 aromatic heterocycles. The summed E-state index contributed by atoms with van der Waals surface area (Å²) in [5.74, 6) is 0.417. The fourth-order valence-corrected chi connectivity index (χ4v) is 6.49. The van der Waals surface area contributed by atoms with Crippen LogP contribution in [0.15, 0.2) is 11.6 Å². The molecule has 90 valence electrons. The lowest BCUT2D eigenvalue weighted by Gasteiger charge is -2.31. The van der Waals surface area contributed by atoms with Gasteiger partial charge in [-0.25, -0.2) is 4.79 Å². The van der Waals surface area contributed by atoms with Gasteiger partial charge in [0.2, 0.25) is 0 Å². The molecule has 0 radical (unpaired) electrons. The minimum Gasteiger partial charge on any atom is -0.461 e. The summed E-state index contributed by atoms with van der Waals surface area (Å²) < 4.78 is 5.35. The molecule has 6 aliphatic rings. The SMILES string of the molecule is O=C1OC[C@@]23C1=C[C@H]1C[C@@]24CCC[C@H](O)[C@]43C1. The third-order valence-electron chi connectivity index (χ3n) is 6.72. The Bertz CT molecular complexity index is 496. The zero-order valence-electron chi connectivity index (χ0n) is 9.74. The van der Waals surface area contributed by atoms with E-state index < -0.39 is 0 Å². The van der Waals surface area contributed by atoms with Crippen molar-refractivity contribution >= 4 is 5.97 Å².